The van der Waals surface area contributed by atoms with E-state index in [1.165, 1.54) is 18.9 Å². The van der Waals surface area contributed by atoms with Crippen LogP contribution in [0.15, 0.2) is 34.2 Å². The Labute approximate surface area is 145 Å². The number of thioether (sulfide) groups is 1. The van der Waals surface area contributed by atoms with E-state index in [4.69, 9.17) is 4.74 Å². The van der Waals surface area contributed by atoms with Crippen molar-refractivity contribution in [2.24, 2.45) is 4.99 Å². The SMILES string of the molecule is CCN=C1S/C(=C/c2ccc(OCC(=O)OC)cc2)C(=O)N1CC. The fourth-order valence-corrected chi connectivity index (χ4v) is 3.16. The molecule has 1 saturated heterocycles. The second-order valence-corrected chi connectivity index (χ2v) is 5.86. The number of hydrogen-bond acceptors (Lipinski definition) is 6. The fraction of sp³-hybridized carbons (Fsp3) is 0.353. The number of amides is 1. The summed E-state index contributed by atoms with van der Waals surface area (Å²) in [5.74, 6) is 0.105. The second kappa shape index (κ2) is 8.54. The van der Waals surface area contributed by atoms with E-state index in [9.17, 15) is 9.59 Å². The molecule has 2 rings (SSSR count). The van der Waals surface area contributed by atoms with Crippen molar-refractivity contribution < 1.29 is 19.1 Å². The van der Waals surface area contributed by atoms with Crippen LogP contribution in [-0.2, 0) is 14.3 Å². The molecule has 0 unspecified atom stereocenters. The molecule has 1 aliphatic heterocycles. The van der Waals surface area contributed by atoms with Gasteiger partial charge in [-0.1, -0.05) is 12.1 Å². The van der Waals surface area contributed by atoms with Crippen LogP contribution in [0.2, 0.25) is 0 Å². The highest BCUT2D eigenvalue weighted by atomic mass is 32.2. The van der Waals surface area contributed by atoms with E-state index in [0.717, 1.165) is 10.7 Å². The molecule has 128 valence electrons. The fourth-order valence-electron chi connectivity index (χ4n) is 2.05. The van der Waals surface area contributed by atoms with Gasteiger partial charge in [0.15, 0.2) is 11.8 Å². The Kier molecular flexibility index (Phi) is 6.43. The lowest BCUT2D eigenvalue weighted by Crippen LogP contribution is -2.28. The van der Waals surface area contributed by atoms with Gasteiger partial charge in [-0.3, -0.25) is 14.7 Å². The van der Waals surface area contributed by atoms with Crippen molar-refractivity contribution in [1.82, 2.24) is 4.90 Å². The van der Waals surface area contributed by atoms with E-state index in [1.807, 2.05) is 32.1 Å². The van der Waals surface area contributed by atoms with Gasteiger partial charge in [0.25, 0.3) is 5.91 Å². The molecule has 1 aromatic carbocycles. The highest BCUT2D eigenvalue weighted by Gasteiger charge is 2.31. The van der Waals surface area contributed by atoms with Crippen LogP contribution in [-0.4, -0.2) is 48.8 Å². The number of esters is 1. The molecule has 0 aliphatic carbocycles. The maximum absolute atomic E-state index is 12.4. The van der Waals surface area contributed by atoms with Gasteiger partial charge in [-0.2, -0.15) is 0 Å². The van der Waals surface area contributed by atoms with Gasteiger partial charge in [0.2, 0.25) is 0 Å². The summed E-state index contributed by atoms with van der Waals surface area (Å²) in [5.41, 5.74) is 0.880. The normalized spacial score (nSPS) is 17.6. The van der Waals surface area contributed by atoms with E-state index in [2.05, 4.69) is 9.73 Å². The number of benzene rings is 1. The van der Waals surface area contributed by atoms with Gasteiger partial charge in [-0.05, 0) is 49.4 Å². The summed E-state index contributed by atoms with van der Waals surface area (Å²) >= 11 is 1.39. The smallest absolute Gasteiger partial charge is 0.343 e. The van der Waals surface area contributed by atoms with E-state index in [0.29, 0.717) is 23.7 Å². The number of carbonyl (C=O) groups is 2. The first kappa shape index (κ1) is 18.1. The number of amidine groups is 1. The minimum Gasteiger partial charge on any atom is -0.482 e. The third kappa shape index (κ3) is 4.38. The quantitative estimate of drug-likeness (QED) is 0.584. The summed E-state index contributed by atoms with van der Waals surface area (Å²) < 4.78 is 9.81. The first-order valence-corrected chi connectivity index (χ1v) is 8.46. The molecule has 1 fully saturated rings. The molecule has 1 amide bonds. The number of aliphatic imine (C=N–C) groups is 1. The molecule has 1 aliphatic rings. The van der Waals surface area contributed by atoms with Crippen molar-refractivity contribution in [1.29, 1.82) is 0 Å². The molecule has 1 aromatic rings. The average Bonchev–Trinajstić information content (AvgIpc) is 2.89. The summed E-state index contributed by atoms with van der Waals surface area (Å²) in [7, 11) is 1.31. The summed E-state index contributed by atoms with van der Waals surface area (Å²) in [4.78, 5) is 30.1. The second-order valence-electron chi connectivity index (χ2n) is 4.85. The van der Waals surface area contributed by atoms with Crippen LogP contribution < -0.4 is 4.74 Å². The Hall–Kier alpha value is -2.28. The minimum atomic E-state index is -0.434. The first-order valence-electron chi connectivity index (χ1n) is 7.64. The van der Waals surface area contributed by atoms with Crippen LogP contribution in [0, 0.1) is 0 Å². The number of rotatable bonds is 6. The number of nitrogens with zero attached hydrogens (tertiary/aromatic N) is 2. The largest absolute Gasteiger partial charge is 0.482 e. The molecule has 0 saturated carbocycles. The maximum atomic E-state index is 12.4. The third-order valence-corrected chi connectivity index (χ3v) is 4.30. The van der Waals surface area contributed by atoms with Crippen molar-refractivity contribution in [3.63, 3.8) is 0 Å². The van der Waals surface area contributed by atoms with Crippen LogP contribution in [0.4, 0.5) is 0 Å². The number of methoxy groups -OCH3 is 1. The van der Waals surface area contributed by atoms with Crippen LogP contribution in [0.25, 0.3) is 6.08 Å². The summed E-state index contributed by atoms with van der Waals surface area (Å²) in [6, 6.07) is 7.16. The Morgan fingerprint density at radius 3 is 2.58 bits per heavy atom. The average molecular weight is 348 g/mol. The summed E-state index contributed by atoms with van der Waals surface area (Å²) in [6.45, 7) is 4.99. The Morgan fingerprint density at radius 2 is 2.00 bits per heavy atom. The Morgan fingerprint density at radius 1 is 1.29 bits per heavy atom. The molecular weight excluding hydrogens is 328 g/mol. The van der Waals surface area contributed by atoms with Crippen LogP contribution in [0.5, 0.6) is 5.75 Å². The number of hydrogen-bond donors (Lipinski definition) is 0. The highest BCUT2D eigenvalue weighted by Crippen LogP contribution is 2.32. The molecule has 0 N–H and O–H groups in total. The third-order valence-electron chi connectivity index (χ3n) is 3.26. The van der Waals surface area contributed by atoms with Gasteiger partial charge in [0.05, 0.1) is 12.0 Å². The molecule has 0 spiro atoms. The summed E-state index contributed by atoms with van der Waals surface area (Å²) in [6.07, 6.45) is 1.83. The molecule has 1 heterocycles. The van der Waals surface area contributed by atoms with E-state index in [1.54, 1.807) is 17.0 Å². The Balaban J connectivity index is 2.09. The van der Waals surface area contributed by atoms with Gasteiger partial charge in [0.1, 0.15) is 5.75 Å². The van der Waals surface area contributed by atoms with Gasteiger partial charge in [0, 0.05) is 13.1 Å². The highest BCUT2D eigenvalue weighted by molar-refractivity contribution is 8.18. The molecule has 0 atom stereocenters. The van der Waals surface area contributed by atoms with Crippen LogP contribution >= 0.6 is 11.8 Å². The van der Waals surface area contributed by atoms with E-state index < -0.39 is 5.97 Å². The lowest BCUT2D eigenvalue weighted by atomic mass is 10.2. The molecule has 0 aromatic heterocycles. The predicted octanol–water partition coefficient (Wildman–Crippen LogP) is 2.55. The maximum Gasteiger partial charge on any atom is 0.343 e. The zero-order valence-electron chi connectivity index (χ0n) is 13.9. The van der Waals surface area contributed by atoms with E-state index >= 15 is 0 Å². The molecule has 24 heavy (non-hydrogen) atoms. The lowest BCUT2D eigenvalue weighted by Gasteiger charge is -2.11. The number of carbonyl (C=O) groups excluding carboxylic acids is 2. The van der Waals surface area contributed by atoms with Crippen LogP contribution in [0.3, 0.4) is 0 Å². The molecule has 0 radical (unpaired) electrons. The van der Waals surface area contributed by atoms with Crippen molar-refractivity contribution in [2.45, 2.75) is 13.8 Å². The zero-order chi connectivity index (χ0) is 17.5. The molecule has 6 nitrogen and oxygen atoms in total. The standard InChI is InChI=1S/C17H20N2O4S/c1-4-18-17-19(5-2)16(21)14(24-17)10-12-6-8-13(9-7-12)23-11-15(20)22-3/h6-10H,4-5,11H2,1-3H3/b14-10+,18-17?. The van der Waals surface area contributed by atoms with Crippen molar-refractivity contribution in [2.75, 3.05) is 26.8 Å². The topological polar surface area (TPSA) is 68.2 Å². The van der Waals surface area contributed by atoms with Gasteiger partial charge >= 0.3 is 5.97 Å². The molecule has 0 bridgehead atoms. The van der Waals surface area contributed by atoms with Crippen LogP contribution in [0.1, 0.15) is 19.4 Å². The number of likely N-dealkylation sites (N-methyl/N-ethyl adjacent to an activating group) is 1. The van der Waals surface area contributed by atoms with Gasteiger partial charge in [-0.15, -0.1) is 0 Å². The number of ether oxygens (including phenoxy) is 2. The summed E-state index contributed by atoms with van der Waals surface area (Å²) in [5, 5.41) is 0.745. The Bertz CT molecular complexity index is 668. The zero-order valence-corrected chi connectivity index (χ0v) is 14.8. The predicted molar refractivity (Wildman–Crippen MR) is 94.9 cm³/mol. The molecular formula is C17H20N2O4S. The van der Waals surface area contributed by atoms with Crippen molar-refractivity contribution >= 4 is 34.9 Å². The molecule has 7 heteroatoms. The lowest BCUT2D eigenvalue weighted by molar-refractivity contribution is -0.142. The van der Waals surface area contributed by atoms with Gasteiger partial charge < -0.3 is 9.47 Å². The van der Waals surface area contributed by atoms with E-state index in [-0.39, 0.29) is 12.5 Å². The minimum absolute atomic E-state index is 0.0271. The van der Waals surface area contributed by atoms with Crippen molar-refractivity contribution in [3.05, 3.63) is 34.7 Å². The first-order chi connectivity index (χ1) is 11.6. The van der Waals surface area contributed by atoms with Crippen molar-refractivity contribution in [3.8, 4) is 5.75 Å². The monoisotopic (exact) mass is 348 g/mol. The van der Waals surface area contributed by atoms with Gasteiger partial charge in [-0.25, -0.2) is 4.79 Å².